The second-order valence-electron chi connectivity index (χ2n) is 5.06. The maximum absolute atomic E-state index is 11.7. The summed E-state index contributed by atoms with van der Waals surface area (Å²) in [6, 6.07) is 5.52. The number of nitrogens with two attached hydrogens (primary N) is 1. The van der Waals surface area contributed by atoms with Crippen molar-refractivity contribution in [2.45, 2.75) is 25.8 Å². The van der Waals surface area contributed by atoms with E-state index in [1.165, 1.54) is 0 Å². The van der Waals surface area contributed by atoms with E-state index in [-0.39, 0.29) is 11.8 Å². The summed E-state index contributed by atoms with van der Waals surface area (Å²) >= 11 is 0. The number of amides is 4. The number of carbonyl (C=O) groups is 3. The molecule has 1 fully saturated rings. The lowest BCUT2D eigenvalue weighted by Crippen LogP contribution is -2.43. The molecule has 4 amide bonds. The zero-order valence-corrected chi connectivity index (χ0v) is 11.7. The van der Waals surface area contributed by atoms with Gasteiger partial charge < -0.3 is 16.4 Å². The van der Waals surface area contributed by atoms with Gasteiger partial charge in [0.25, 0.3) is 0 Å². The van der Waals surface area contributed by atoms with Gasteiger partial charge in [0.05, 0.1) is 0 Å². The molecule has 0 radical (unpaired) electrons. The average molecular weight is 290 g/mol. The first kappa shape index (κ1) is 14.8. The van der Waals surface area contributed by atoms with Crippen LogP contribution in [0.4, 0.5) is 16.2 Å². The Morgan fingerprint density at radius 2 is 1.90 bits per heavy atom. The number of primary amides is 1. The fourth-order valence-electron chi connectivity index (χ4n) is 1.82. The lowest BCUT2D eigenvalue weighted by Gasteiger charge is -2.15. The van der Waals surface area contributed by atoms with Gasteiger partial charge >= 0.3 is 6.03 Å². The molecule has 1 aliphatic rings. The van der Waals surface area contributed by atoms with E-state index in [0.717, 1.165) is 12.8 Å². The monoisotopic (exact) mass is 290 g/mol. The Balaban J connectivity index is 1.95. The summed E-state index contributed by atoms with van der Waals surface area (Å²) in [6.07, 6.45) is 1.88. The van der Waals surface area contributed by atoms with Crippen molar-refractivity contribution in [1.29, 1.82) is 0 Å². The Morgan fingerprint density at radius 1 is 1.24 bits per heavy atom. The fourth-order valence-corrected chi connectivity index (χ4v) is 1.82. The van der Waals surface area contributed by atoms with Crippen LogP contribution in [0.1, 0.15) is 19.8 Å². The zero-order chi connectivity index (χ0) is 15.4. The third kappa shape index (κ3) is 4.48. The number of imide groups is 1. The molecule has 1 unspecified atom stereocenters. The molecule has 1 aliphatic carbocycles. The average Bonchev–Trinajstić information content (AvgIpc) is 3.22. The molecule has 112 valence electrons. The molecular weight excluding hydrogens is 272 g/mol. The number of carbonyl (C=O) groups excluding carboxylic acids is 3. The molecule has 5 N–H and O–H groups in total. The van der Waals surface area contributed by atoms with E-state index >= 15 is 0 Å². The maximum atomic E-state index is 11.7. The first-order valence-corrected chi connectivity index (χ1v) is 6.73. The summed E-state index contributed by atoms with van der Waals surface area (Å²) in [5.74, 6) is -0.372. The number of benzene rings is 1. The molecule has 0 heterocycles. The minimum absolute atomic E-state index is 0.0201. The van der Waals surface area contributed by atoms with Gasteiger partial charge in [-0.1, -0.05) is 6.07 Å². The van der Waals surface area contributed by atoms with Gasteiger partial charge in [-0.05, 0) is 38.0 Å². The van der Waals surface area contributed by atoms with E-state index in [1.807, 2.05) is 5.32 Å². The van der Waals surface area contributed by atoms with Gasteiger partial charge in [-0.2, -0.15) is 0 Å². The molecule has 21 heavy (non-hydrogen) atoms. The number of nitrogens with one attached hydrogen (secondary N) is 3. The highest BCUT2D eigenvalue weighted by molar-refractivity contribution is 5.97. The summed E-state index contributed by atoms with van der Waals surface area (Å²) in [5, 5.41) is 7.76. The number of anilines is 2. The second kappa shape index (κ2) is 6.25. The molecule has 1 aromatic rings. The van der Waals surface area contributed by atoms with Gasteiger partial charge in [0.2, 0.25) is 11.8 Å². The van der Waals surface area contributed by atoms with Gasteiger partial charge in [0.1, 0.15) is 6.04 Å². The fraction of sp³-hybridized carbons (Fsp3) is 0.357. The van der Waals surface area contributed by atoms with Crippen LogP contribution in [0.25, 0.3) is 0 Å². The Hall–Kier alpha value is -2.57. The SMILES string of the molecule is CC(Nc1cccc(NC(=O)C2CC2)c1)C(=O)NC(N)=O. The van der Waals surface area contributed by atoms with Crippen molar-refractivity contribution in [2.75, 3.05) is 10.6 Å². The smallest absolute Gasteiger partial charge is 0.318 e. The van der Waals surface area contributed by atoms with Crippen molar-refractivity contribution in [1.82, 2.24) is 5.32 Å². The first-order valence-electron chi connectivity index (χ1n) is 6.73. The molecule has 7 heteroatoms. The molecule has 1 aromatic carbocycles. The van der Waals surface area contributed by atoms with Crippen LogP contribution in [0.15, 0.2) is 24.3 Å². The van der Waals surface area contributed by atoms with Crippen molar-refractivity contribution < 1.29 is 14.4 Å². The Bertz CT molecular complexity index is 569. The van der Waals surface area contributed by atoms with Gasteiger partial charge in [-0.25, -0.2) is 4.79 Å². The molecule has 0 spiro atoms. The molecule has 1 atom stereocenters. The molecule has 0 aromatic heterocycles. The van der Waals surface area contributed by atoms with Gasteiger partial charge in [-0.15, -0.1) is 0 Å². The highest BCUT2D eigenvalue weighted by atomic mass is 16.2. The lowest BCUT2D eigenvalue weighted by molar-refractivity contribution is -0.120. The van der Waals surface area contributed by atoms with Gasteiger partial charge in [0.15, 0.2) is 0 Å². The van der Waals surface area contributed by atoms with Crippen LogP contribution < -0.4 is 21.7 Å². The van der Waals surface area contributed by atoms with Crippen LogP contribution in [-0.2, 0) is 9.59 Å². The standard InChI is InChI=1S/C14H18N4O3/c1-8(12(19)18-14(15)21)16-10-3-2-4-11(7-10)17-13(20)9-5-6-9/h2-4,7-9,16H,5-6H2,1H3,(H,17,20)(H3,15,18,19,21). The van der Waals surface area contributed by atoms with Gasteiger partial charge in [0, 0.05) is 17.3 Å². The Labute approximate surface area is 122 Å². The molecular formula is C14H18N4O3. The predicted molar refractivity (Wildman–Crippen MR) is 78.6 cm³/mol. The predicted octanol–water partition coefficient (Wildman–Crippen LogP) is 1.03. The normalized spacial score (nSPS) is 14.9. The summed E-state index contributed by atoms with van der Waals surface area (Å²) in [4.78, 5) is 33.9. The lowest BCUT2D eigenvalue weighted by atomic mass is 10.2. The highest BCUT2D eigenvalue weighted by Gasteiger charge is 2.29. The third-order valence-corrected chi connectivity index (χ3v) is 3.10. The summed E-state index contributed by atoms with van der Waals surface area (Å²) in [5.41, 5.74) is 6.22. The minimum atomic E-state index is -0.890. The van der Waals surface area contributed by atoms with E-state index in [9.17, 15) is 14.4 Å². The van der Waals surface area contributed by atoms with Crippen LogP contribution in [-0.4, -0.2) is 23.9 Å². The van der Waals surface area contributed by atoms with E-state index in [4.69, 9.17) is 5.73 Å². The Morgan fingerprint density at radius 3 is 2.52 bits per heavy atom. The number of urea groups is 1. The van der Waals surface area contributed by atoms with E-state index in [0.29, 0.717) is 11.4 Å². The summed E-state index contributed by atoms with van der Waals surface area (Å²) in [6.45, 7) is 1.60. The van der Waals surface area contributed by atoms with Crippen LogP contribution >= 0.6 is 0 Å². The number of hydrogen-bond donors (Lipinski definition) is 4. The summed E-state index contributed by atoms with van der Waals surface area (Å²) < 4.78 is 0. The molecule has 0 saturated heterocycles. The van der Waals surface area contributed by atoms with Crippen LogP contribution in [0.5, 0.6) is 0 Å². The van der Waals surface area contributed by atoms with Crippen molar-refractivity contribution in [3.63, 3.8) is 0 Å². The largest absolute Gasteiger partial charge is 0.374 e. The van der Waals surface area contributed by atoms with E-state index < -0.39 is 18.0 Å². The van der Waals surface area contributed by atoms with Crippen molar-refractivity contribution in [3.8, 4) is 0 Å². The van der Waals surface area contributed by atoms with Gasteiger partial charge in [-0.3, -0.25) is 14.9 Å². The van der Waals surface area contributed by atoms with Crippen molar-refractivity contribution in [2.24, 2.45) is 11.7 Å². The minimum Gasteiger partial charge on any atom is -0.374 e. The van der Waals surface area contributed by atoms with E-state index in [1.54, 1.807) is 31.2 Å². The third-order valence-electron chi connectivity index (χ3n) is 3.10. The molecule has 2 rings (SSSR count). The highest BCUT2D eigenvalue weighted by Crippen LogP contribution is 2.30. The molecule has 0 bridgehead atoms. The zero-order valence-electron chi connectivity index (χ0n) is 11.7. The second-order valence-corrected chi connectivity index (χ2v) is 5.06. The molecule has 7 nitrogen and oxygen atoms in total. The van der Waals surface area contributed by atoms with Crippen LogP contribution in [0.3, 0.4) is 0 Å². The van der Waals surface area contributed by atoms with E-state index in [2.05, 4.69) is 10.6 Å². The van der Waals surface area contributed by atoms with Crippen LogP contribution in [0.2, 0.25) is 0 Å². The number of rotatable bonds is 5. The Kier molecular flexibility index (Phi) is 4.42. The quantitative estimate of drug-likeness (QED) is 0.648. The molecule has 0 aliphatic heterocycles. The topological polar surface area (TPSA) is 113 Å². The van der Waals surface area contributed by atoms with Crippen molar-refractivity contribution >= 4 is 29.2 Å². The summed E-state index contributed by atoms with van der Waals surface area (Å²) in [7, 11) is 0. The first-order chi connectivity index (χ1) is 9.95. The van der Waals surface area contributed by atoms with Crippen molar-refractivity contribution in [3.05, 3.63) is 24.3 Å². The maximum Gasteiger partial charge on any atom is 0.318 e. The molecule has 1 saturated carbocycles. The number of hydrogen-bond acceptors (Lipinski definition) is 4. The van der Waals surface area contributed by atoms with Crippen LogP contribution in [0, 0.1) is 5.92 Å².